The van der Waals surface area contributed by atoms with Gasteiger partial charge >= 0.3 is 0 Å². The number of carbonyl (C=O) groups is 2. The van der Waals surface area contributed by atoms with Crippen LogP contribution in [0.1, 0.15) is 37.7 Å². The number of hydrogen-bond donors (Lipinski definition) is 2. The SMILES string of the molecule is O=C1NC(=O)/C(=C/c2cccc(-c3cncc(NC4CCCCC4)n3)c2)S1. The maximum atomic E-state index is 11.7. The van der Waals surface area contributed by atoms with Crippen LogP contribution in [0, 0.1) is 0 Å². The molecule has 0 radical (unpaired) electrons. The summed E-state index contributed by atoms with van der Waals surface area (Å²) < 4.78 is 0. The zero-order valence-corrected chi connectivity index (χ0v) is 15.6. The molecule has 4 rings (SSSR count). The molecular weight excluding hydrogens is 360 g/mol. The van der Waals surface area contributed by atoms with Gasteiger partial charge in [0.2, 0.25) is 0 Å². The van der Waals surface area contributed by atoms with Gasteiger partial charge in [0.1, 0.15) is 5.82 Å². The van der Waals surface area contributed by atoms with Gasteiger partial charge in [-0.1, -0.05) is 37.5 Å². The van der Waals surface area contributed by atoms with Crippen molar-refractivity contribution in [3.8, 4) is 11.3 Å². The molecule has 1 aromatic carbocycles. The van der Waals surface area contributed by atoms with Crippen LogP contribution in [0.2, 0.25) is 0 Å². The standard InChI is InChI=1S/C20H20N4O2S/c25-19-17(27-20(26)24-19)10-13-5-4-6-14(9-13)16-11-21-12-18(23-16)22-15-7-2-1-3-8-15/h4-6,9-12,15H,1-3,7-8H2,(H,22,23)(H,24,25,26)/b17-10-. The van der Waals surface area contributed by atoms with Crippen molar-refractivity contribution in [2.45, 2.75) is 38.1 Å². The number of hydrogen-bond acceptors (Lipinski definition) is 6. The van der Waals surface area contributed by atoms with Gasteiger partial charge < -0.3 is 5.32 Å². The van der Waals surface area contributed by atoms with Gasteiger partial charge in [0.25, 0.3) is 11.1 Å². The first-order valence-corrected chi connectivity index (χ1v) is 9.93. The molecule has 2 heterocycles. The van der Waals surface area contributed by atoms with E-state index in [9.17, 15) is 9.59 Å². The monoisotopic (exact) mass is 380 g/mol. The third-order valence-electron chi connectivity index (χ3n) is 4.71. The molecule has 1 aliphatic carbocycles. The van der Waals surface area contributed by atoms with Gasteiger partial charge in [-0.2, -0.15) is 0 Å². The van der Waals surface area contributed by atoms with E-state index in [0.29, 0.717) is 10.9 Å². The molecular formula is C20H20N4O2S. The summed E-state index contributed by atoms with van der Waals surface area (Å²) in [5, 5.41) is 5.42. The van der Waals surface area contributed by atoms with E-state index in [-0.39, 0.29) is 11.1 Å². The van der Waals surface area contributed by atoms with Gasteiger partial charge in [-0.15, -0.1) is 0 Å². The molecule has 1 aromatic heterocycles. The van der Waals surface area contributed by atoms with Crippen molar-refractivity contribution in [2.24, 2.45) is 0 Å². The molecule has 0 unspecified atom stereocenters. The van der Waals surface area contributed by atoms with Gasteiger partial charge in [0.05, 0.1) is 23.0 Å². The van der Waals surface area contributed by atoms with Crippen molar-refractivity contribution >= 4 is 34.8 Å². The molecule has 2 N–H and O–H groups in total. The molecule has 2 aromatic rings. The predicted molar refractivity (Wildman–Crippen MR) is 107 cm³/mol. The number of rotatable bonds is 4. The molecule has 6 nitrogen and oxygen atoms in total. The average molecular weight is 380 g/mol. The minimum absolute atomic E-state index is 0.338. The maximum absolute atomic E-state index is 11.7. The van der Waals surface area contributed by atoms with Crippen molar-refractivity contribution in [3.05, 3.63) is 47.1 Å². The summed E-state index contributed by atoms with van der Waals surface area (Å²) in [5.74, 6) is 0.438. The lowest BCUT2D eigenvalue weighted by atomic mass is 9.95. The Balaban J connectivity index is 1.55. The molecule has 138 valence electrons. The van der Waals surface area contributed by atoms with Crippen LogP contribution >= 0.6 is 11.8 Å². The molecule has 27 heavy (non-hydrogen) atoms. The number of nitrogens with zero attached hydrogens (tertiary/aromatic N) is 2. The topological polar surface area (TPSA) is 84.0 Å². The number of amides is 2. The van der Waals surface area contributed by atoms with Crippen molar-refractivity contribution in [3.63, 3.8) is 0 Å². The number of benzene rings is 1. The Kier molecular flexibility index (Phi) is 5.20. The minimum atomic E-state index is -0.353. The zero-order valence-electron chi connectivity index (χ0n) is 14.8. The molecule has 2 fully saturated rings. The Morgan fingerprint density at radius 3 is 2.78 bits per heavy atom. The van der Waals surface area contributed by atoms with Crippen LogP contribution in [-0.4, -0.2) is 27.2 Å². The van der Waals surface area contributed by atoms with E-state index in [0.717, 1.165) is 34.4 Å². The average Bonchev–Trinajstić information content (AvgIpc) is 3.00. The highest BCUT2D eigenvalue weighted by molar-refractivity contribution is 8.18. The lowest BCUT2D eigenvalue weighted by Gasteiger charge is -2.23. The predicted octanol–water partition coefficient (Wildman–Crippen LogP) is 4.21. The lowest BCUT2D eigenvalue weighted by molar-refractivity contribution is -0.115. The largest absolute Gasteiger partial charge is 0.366 e. The zero-order chi connectivity index (χ0) is 18.6. The molecule has 2 amide bonds. The van der Waals surface area contributed by atoms with E-state index in [4.69, 9.17) is 4.98 Å². The number of imide groups is 1. The van der Waals surface area contributed by atoms with Gasteiger partial charge in [-0.25, -0.2) is 4.98 Å². The Labute approximate surface area is 161 Å². The van der Waals surface area contributed by atoms with E-state index in [1.54, 1.807) is 18.5 Å². The van der Waals surface area contributed by atoms with E-state index in [1.165, 1.54) is 32.1 Å². The van der Waals surface area contributed by atoms with Crippen LogP contribution in [0.25, 0.3) is 17.3 Å². The fourth-order valence-electron chi connectivity index (χ4n) is 3.39. The summed E-state index contributed by atoms with van der Waals surface area (Å²) in [6.45, 7) is 0. The molecule has 1 saturated carbocycles. The number of aromatic nitrogens is 2. The summed E-state index contributed by atoms with van der Waals surface area (Å²) in [5.41, 5.74) is 2.53. The van der Waals surface area contributed by atoms with Crippen molar-refractivity contribution in [2.75, 3.05) is 5.32 Å². The van der Waals surface area contributed by atoms with Crippen LogP contribution in [0.5, 0.6) is 0 Å². The first kappa shape index (κ1) is 17.7. The fourth-order valence-corrected chi connectivity index (χ4v) is 4.07. The molecule has 1 saturated heterocycles. The highest BCUT2D eigenvalue weighted by atomic mass is 32.2. The van der Waals surface area contributed by atoms with E-state index >= 15 is 0 Å². The second-order valence-corrected chi connectivity index (χ2v) is 7.76. The van der Waals surface area contributed by atoms with Gasteiger partial charge in [-0.05, 0) is 42.3 Å². The Morgan fingerprint density at radius 1 is 1.15 bits per heavy atom. The van der Waals surface area contributed by atoms with Crippen LogP contribution in [0.4, 0.5) is 10.6 Å². The van der Waals surface area contributed by atoms with Gasteiger partial charge in [-0.3, -0.25) is 19.9 Å². The minimum Gasteiger partial charge on any atom is -0.366 e. The number of carbonyl (C=O) groups excluding carboxylic acids is 2. The summed E-state index contributed by atoms with van der Waals surface area (Å²) in [7, 11) is 0. The van der Waals surface area contributed by atoms with Gasteiger partial charge in [0.15, 0.2) is 0 Å². The third kappa shape index (κ3) is 4.36. The van der Waals surface area contributed by atoms with Crippen LogP contribution in [0.3, 0.4) is 0 Å². The molecule has 1 aliphatic heterocycles. The fraction of sp³-hybridized carbons (Fsp3) is 0.300. The Hall–Kier alpha value is -2.67. The molecule has 0 spiro atoms. The highest BCUT2D eigenvalue weighted by Gasteiger charge is 2.24. The summed E-state index contributed by atoms with van der Waals surface area (Å²) in [6.07, 6.45) is 11.4. The normalized spacial score (nSPS) is 19.3. The van der Waals surface area contributed by atoms with Crippen molar-refractivity contribution < 1.29 is 9.59 Å². The first-order chi connectivity index (χ1) is 13.2. The molecule has 0 atom stereocenters. The van der Waals surface area contributed by atoms with E-state index in [1.807, 2.05) is 24.3 Å². The van der Waals surface area contributed by atoms with Crippen molar-refractivity contribution in [1.29, 1.82) is 0 Å². The second kappa shape index (κ2) is 7.92. The summed E-state index contributed by atoms with van der Waals surface area (Å²) in [4.78, 5) is 32.5. The lowest BCUT2D eigenvalue weighted by Crippen LogP contribution is -2.22. The summed E-state index contributed by atoms with van der Waals surface area (Å²) >= 11 is 0.916. The van der Waals surface area contributed by atoms with E-state index in [2.05, 4.69) is 15.6 Å². The Morgan fingerprint density at radius 2 is 2.00 bits per heavy atom. The number of thioether (sulfide) groups is 1. The van der Waals surface area contributed by atoms with Crippen LogP contribution in [0.15, 0.2) is 41.6 Å². The maximum Gasteiger partial charge on any atom is 0.290 e. The molecule has 0 bridgehead atoms. The molecule has 2 aliphatic rings. The Bertz CT molecular complexity index is 906. The highest BCUT2D eigenvalue weighted by Crippen LogP contribution is 2.27. The van der Waals surface area contributed by atoms with Crippen molar-refractivity contribution in [1.82, 2.24) is 15.3 Å². The number of anilines is 1. The van der Waals surface area contributed by atoms with E-state index < -0.39 is 0 Å². The quantitative estimate of drug-likeness (QED) is 0.773. The van der Waals surface area contributed by atoms with Crippen LogP contribution < -0.4 is 10.6 Å². The van der Waals surface area contributed by atoms with Crippen LogP contribution in [-0.2, 0) is 4.79 Å². The smallest absolute Gasteiger partial charge is 0.290 e. The molecule has 7 heteroatoms. The first-order valence-electron chi connectivity index (χ1n) is 9.11. The third-order valence-corrected chi connectivity index (χ3v) is 5.52. The second-order valence-electron chi connectivity index (χ2n) is 6.75. The van der Waals surface area contributed by atoms with Gasteiger partial charge in [0, 0.05) is 11.6 Å². The number of nitrogens with one attached hydrogen (secondary N) is 2. The summed E-state index contributed by atoms with van der Waals surface area (Å²) in [6, 6.07) is 8.17.